The van der Waals surface area contributed by atoms with Gasteiger partial charge in [0.25, 0.3) is 0 Å². The van der Waals surface area contributed by atoms with E-state index in [4.69, 9.17) is 0 Å². The number of fused-ring (bicyclic) bond motifs is 1. The van der Waals surface area contributed by atoms with Crippen LogP contribution in [0.2, 0.25) is 0 Å². The molecule has 0 spiro atoms. The van der Waals surface area contributed by atoms with Crippen molar-refractivity contribution in [2.75, 3.05) is 0 Å². The number of hydrogen-bond donors (Lipinski definition) is 0. The summed E-state index contributed by atoms with van der Waals surface area (Å²) in [4.78, 5) is 1.27. The van der Waals surface area contributed by atoms with E-state index in [2.05, 4.69) is 24.1 Å². The van der Waals surface area contributed by atoms with Crippen LogP contribution in [0.15, 0.2) is 24.1 Å². The first-order valence-corrected chi connectivity index (χ1v) is 4.69. The first-order chi connectivity index (χ1) is 4.90. The molecule has 50 valence electrons. The number of rotatable bonds is 1. The Balaban J connectivity index is 2.78. The largest absolute Gasteiger partial charge is 0.143 e. The third kappa shape index (κ3) is 0.805. The van der Waals surface area contributed by atoms with E-state index in [0.29, 0.717) is 0 Å². The maximum atomic E-state index is 3.72. The van der Waals surface area contributed by atoms with E-state index in [1.165, 1.54) is 14.3 Å². The molecule has 0 fully saturated rings. The number of hydrogen-bond acceptors (Lipinski definition) is 2. The van der Waals surface area contributed by atoms with Crippen molar-refractivity contribution >= 4 is 38.1 Å². The Bertz CT molecular complexity index is 325. The molecule has 0 atom stereocenters. The second kappa shape index (κ2) is 2.22. The second-order valence-electron chi connectivity index (χ2n) is 2.00. The van der Waals surface area contributed by atoms with Crippen LogP contribution in [0, 0.1) is 0 Å². The van der Waals surface area contributed by atoms with Gasteiger partial charge in [0.05, 0.1) is 0 Å². The molecule has 10 heavy (non-hydrogen) atoms. The average molecular weight is 166 g/mol. The summed E-state index contributed by atoms with van der Waals surface area (Å²) >= 11 is 3.58. The molecule has 0 radical (unpaired) electrons. The van der Waals surface area contributed by atoms with Crippen molar-refractivity contribution in [1.29, 1.82) is 0 Å². The first kappa shape index (κ1) is 6.13. The third-order valence-corrected chi connectivity index (χ3v) is 3.45. The van der Waals surface area contributed by atoms with Crippen LogP contribution in [0.1, 0.15) is 4.88 Å². The van der Waals surface area contributed by atoms with Gasteiger partial charge in [0.1, 0.15) is 0 Å². The smallest absolute Gasteiger partial charge is 0.0456 e. The minimum atomic E-state index is 1.27. The Morgan fingerprint density at radius 2 is 2.30 bits per heavy atom. The highest BCUT2D eigenvalue weighted by Crippen LogP contribution is 2.30. The summed E-state index contributed by atoms with van der Waals surface area (Å²) in [5, 5.41) is 2.12. The molecule has 2 rings (SSSR count). The Kier molecular flexibility index (Phi) is 1.36. The molecule has 2 aromatic rings. The Morgan fingerprint density at radius 3 is 3.00 bits per heavy atom. The minimum absolute atomic E-state index is 1.27. The lowest BCUT2D eigenvalue weighted by Gasteiger charge is -1.73. The fourth-order valence-corrected chi connectivity index (χ4v) is 2.85. The summed E-state index contributed by atoms with van der Waals surface area (Å²) in [6.07, 6.45) is 1.90. The highest BCUT2D eigenvalue weighted by Gasteiger charge is 1.97. The molecule has 0 saturated carbocycles. The van der Waals surface area contributed by atoms with Crippen molar-refractivity contribution in [3.63, 3.8) is 0 Å². The van der Waals surface area contributed by atoms with Crippen LogP contribution in [-0.4, -0.2) is 0 Å². The van der Waals surface area contributed by atoms with Gasteiger partial charge in [-0.15, -0.1) is 22.7 Å². The van der Waals surface area contributed by atoms with Gasteiger partial charge in [0.15, 0.2) is 0 Å². The monoisotopic (exact) mass is 166 g/mol. The van der Waals surface area contributed by atoms with Crippen molar-refractivity contribution in [2.45, 2.75) is 0 Å². The minimum Gasteiger partial charge on any atom is -0.143 e. The van der Waals surface area contributed by atoms with Crippen LogP contribution < -0.4 is 0 Å². The van der Waals surface area contributed by atoms with Gasteiger partial charge in [-0.25, -0.2) is 0 Å². The molecule has 0 N–H and O–H groups in total. The van der Waals surface area contributed by atoms with E-state index >= 15 is 0 Å². The summed E-state index contributed by atoms with van der Waals surface area (Å²) in [6, 6.07) is 4.33. The lowest BCUT2D eigenvalue weighted by molar-refractivity contribution is 2.10. The van der Waals surface area contributed by atoms with Crippen LogP contribution in [-0.2, 0) is 0 Å². The summed E-state index contributed by atoms with van der Waals surface area (Å²) in [5.41, 5.74) is 0. The molecule has 0 unspecified atom stereocenters. The van der Waals surface area contributed by atoms with Crippen LogP contribution in [0.4, 0.5) is 0 Å². The normalized spacial score (nSPS) is 10.4. The second-order valence-corrected chi connectivity index (χ2v) is 4.07. The molecule has 2 aromatic heterocycles. The molecule has 0 saturated heterocycles. The van der Waals surface area contributed by atoms with Crippen molar-refractivity contribution in [1.82, 2.24) is 0 Å². The summed E-state index contributed by atoms with van der Waals surface area (Å²) in [7, 11) is 0. The molecule has 2 heteroatoms. The standard InChI is InChI=1S/C8H6S2/c1-2-6-5-8-7(10-6)3-4-9-8/h2-5H,1H2. The average Bonchev–Trinajstić information content (AvgIpc) is 2.42. The van der Waals surface area contributed by atoms with Crippen molar-refractivity contribution in [3.8, 4) is 0 Å². The van der Waals surface area contributed by atoms with Crippen molar-refractivity contribution in [2.24, 2.45) is 0 Å². The molecule has 0 aliphatic carbocycles. The lowest BCUT2D eigenvalue weighted by atomic mass is 10.4. The molecule has 0 nitrogen and oxygen atoms in total. The van der Waals surface area contributed by atoms with Gasteiger partial charge in [-0.1, -0.05) is 12.7 Å². The van der Waals surface area contributed by atoms with E-state index in [-0.39, 0.29) is 0 Å². The Morgan fingerprint density at radius 1 is 1.40 bits per heavy atom. The SMILES string of the molecule is C=Cc1cc2sccc2s1. The summed E-state index contributed by atoms with van der Waals surface area (Å²) in [5.74, 6) is 0. The molecule has 0 bridgehead atoms. The van der Waals surface area contributed by atoms with Crippen LogP contribution in [0.3, 0.4) is 0 Å². The van der Waals surface area contributed by atoms with Gasteiger partial charge in [0, 0.05) is 14.3 Å². The van der Waals surface area contributed by atoms with E-state index < -0.39 is 0 Å². The zero-order valence-corrected chi connectivity index (χ0v) is 6.97. The highest BCUT2D eigenvalue weighted by molar-refractivity contribution is 7.27. The molecule has 0 aromatic carbocycles. The molecule has 0 amide bonds. The summed E-state index contributed by atoms with van der Waals surface area (Å²) in [6.45, 7) is 3.72. The van der Waals surface area contributed by atoms with Gasteiger partial charge in [-0.05, 0) is 17.5 Å². The fraction of sp³-hybridized carbons (Fsp3) is 0. The molecule has 2 heterocycles. The van der Waals surface area contributed by atoms with E-state index in [9.17, 15) is 0 Å². The topological polar surface area (TPSA) is 0 Å². The molecule has 0 aliphatic rings. The maximum absolute atomic E-state index is 3.72. The predicted molar refractivity (Wildman–Crippen MR) is 49.8 cm³/mol. The zero-order chi connectivity index (χ0) is 6.97. The van der Waals surface area contributed by atoms with E-state index in [1.54, 1.807) is 22.7 Å². The Hall–Kier alpha value is -0.600. The van der Waals surface area contributed by atoms with Crippen molar-refractivity contribution < 1.29 is 0 Å². The van der Waals surface area contributed by atoms with Crippen molar-refractivity contribution in [3.05, 3.63) is 29.0 Å². The fourth-order valence-electron chi connectivity index (χ4n) is 0.885. The first-order valence-electron chi connectivity index (χ1n) is 2.99. The van der Waals surface area contributed by atoms with E-state index in [1.807, 2.05) is 6.08 Å². The van der Waals surface area contributed by atoms with Crippen LogP contribution in [0.5, 0.6) is 0 Å². The van der Waals surface area contributed by atoms with Crippen LogP contribution in [0.25, 0.3) is 15.5 Å². The quantitative estimate of drug-likeness (QED) is 0.607. The van der Waals surface area contributed by atoms with Gasteiger partial charge < -0.3 is 0 Å². The third-order valence-electron chi connectivity index (χ3n) is 1.36. The number of thiophene rings is 2. The lowest BCUT2D eigenvalue weighted by Crippen LogP contribution is -1.47. The molecular weight excluding hydrogens is 160 g/mol. The predicted octanol–water partition coefficient (Wildman–Crippen LogP) is 3.61. The van der Waals surface area contributed by atoms with E-state index in [0.717, 1.165) is 0 Å². The van der Waals surface area contributed by atoms with Gasteiger partial charge >= 0.3 is 0 Å². The Labute approximate surface area is 67.4 Å². The maximum Gasteiger partial charge on any atom is 0.0456 e. The van der Waals surface area contributed by atoms with Gasteiger partial charge in [0.2, 0.25) is 0 Å². The highest BCUT2D eigenvalue weighted by atomic mass is 32.1. The van der Waals surface area contributed by atoms with Gasteiger partial charge in [-0.2, -0.15) is 0 Å². The van der Waals surface area contributed by atoms with Crippen LogP contribution >= 0.6 is 22.7 Å². The summed E-state index contributed by atoms with van der Waals surface area (Å²) < 4.78 is 2.75. The molecular formula is C8H6S2. The molecule has 0 aliphatic heterocycles. The zero-order valence-electron chi connectivity index (χ0n) is 5.33. The van der Waals surface area contributed by atoms with Gasteiger partial charge in [-0.3, -0.25) is 0 Å².